The molecule has 8 nitrogen and oxygen atoms in total. The fourth-order valence-corrected chi connectivity index (χ4v) is 3.85. The number of aromatic amines is 1. The number of aromatic nitrogens is 2. The Balaban J connectivity index is 1.66. The smallest absolute Gasteiger partial charge is 0.269 e. The van der Waals surface area contributed by atoms with Crippen LogP contribution in [0.3, 0.4) is 0 Å². The predicted molar refractivity (Wildman–Crippen MR) is 108 cm³/mol. The number of carbonyl (C=O) groups excluding carboxylic acids is 1. The second-order valence-electron chi connectivity index (χ2n) is 7.21. The van der Waals surface area contributed by atoms with Crippen LogP contribution in [0.2, 0.25) is 0 Å². The predicted octanol–water partition coefficient (Wildman–Crippen LogP) is 3.42. The number of nitro groups is 1. The van der Waals surface area contributed by atoms with Gasteiger partial charge < -0.3 is 9.88 Å². The molecule has 0 bridgehead atoms. The number of nitrogens with one attached hydrogen (secondary N) is 1. The van der Waals surface area contributed by atoms with Gasteiger partial charge in [-0.25, -0.2) is 4.98 Å². The zero-order chi connectivity index (χ0) is 20.4. The Morgan fingerprint density at radius 1 is 1.14 bits per heavy atom. The summed E-state index contributed by atoms with van der Waals surface area (Å²) >= 11 is 0. The number of amides is 1. The third-order valence-corrected chi connectivity index (χ3v) is 5.33. The molecule has 1 aliphatic carbocycles. The van der Waals surface area contributed by atoms with Crippen LogP contribution in [0.5, 0.6) is 0 Å². The van der Waals surface area contributed by atoms with Crippen LogP contribution in [0.4, 0.5) is 5.69 Å². The molecule has 1 saturated carbocycles. The highest BCUT2D eigenvalue weighted by Gasteiger charge is 2.28. The van der Waals surface area contributed by atoms with E-state index in [0.717, 1.165) is 25.7 Å². The summed E-state index contributed by atoms with van der Waals surface area (Å²) < 4.78 is 0. The van der Waals surface area contributed by atoms with Gasteiger partial charge in [0.1, 0.15) is 5.82 Å². The number of rotatable bonds is 5. The number of hydrogen-bond acceptors (Lipinski definition) is 5. The van der Waals surface area contributed by atoms with Crippen molar-refractivity contribution in [1.29, 1.82) is 0 Å². The zero-order valence-corrected chi connectivity index (χ0v) is 15.7. The van der Waals surface area contributed by atoms with Crippen LogP contribution < -0.4 is 5.56 Å². The van der Waals surface area contributed by atoms with Gasteiger partial charge in [0.25, 0.3) is 17.2 Å². The molecular formula is C21H20N4O4. The summed E-state index contributed by atoms with van der Waals surface area (Å²) in [5, 5.41) is 11.4. The maximum Gasteiger partial charge on any atom is 0.269 e. The maximum absolute atomic E-state index is 13.2. The van der Waals surface area contributed by atoms with Gasteiger partial charge in [0.2, 0.25) is 0 Å². The number of H-pyrrole nitrogens is 1. The first-order valence-electron chi connectivity index (χ1n) is 9.56. The molecule has 0 aliphatic heterocycles. The van der Waals surface area contributed by atoms with E-state index in [4.69, 9.17) is 0 Å². The summed E-state index contributed by atoms with van der Waals surface area (Å²) in [6, 6.07) is 12.7. The molecule has 1 aliphatic rings. The number of fused-ring (bicyclic) bond motifs is 1. The van der Waals surface area contributed by atoms with E-state index in [1.807, 2.05) is 6.07 Å². The molecule has 0 radical (unpaired) electrons. The molecule has 29 heavy (non-hydrogen) atoms. The normalized spacial score (nSPS) is 14.2. The fourth-order valence-electron chi connectivity index (χ4n) is 3.85. The van der Waals surface area contributed by atoms with Gasteiger partial charge in [0, 0.05) is 23.7 Å². The Labute approximate surface area is 166 Å². The van der Waals surface area contributed by atoms with Crippen LogP contribution in [-0.2, 0) is 6.54 Å². The number of nitrogens with zero attached hydrogens (tertiary/aromatic N) is 3. The molecule has 148 valence electrons. The van der Waals surface area contributed by atoms with E-state index in [9.17, 15) is 19.7 Å². The quantitative estimate of drug-likeness (QED) is 0.528. The van der Waals surface area contributed by atoms with Gasteiger partial charge >= 0.3 is 0 Å². The Morgan fingerprint density at radius 3 is 2.52 bits per heavy atom. The van der Waals surface area contributed by atoms with Gasteiger partial charge in [0.15, 0.2) is 0 Å². The van der Waals surface area contributed by atoms with Crippen LogP contribution in [-0.4, -0.2) is 31.7 Å². The van der Waals surface area contributed by atoms with Crippen molar-refractivity contribution < 1.29 is 9.72 Å². The molecule has 1 N–H and O–H groups in total. The van der Waals surface area contributed by atoms with Crippen molar-refractivity contribution in [3.05, 3.63) is 80.4 Å². The average Bonchev–Trinajstić information content (AvgIpc) is 3.26. The lowest BCUT2D eigenvalue weighted by Gasteiger charge is -2.28. The van der Waals surface area contributed by atoms with Gasteiger partial charge in [-0.15, -0.1) is 0 Å². The molecular weight excluding hydrogens is 372 g/mol. The van der Waals surface area contributed by atoms with E-state index in [1.54, 1.807) is 23.1 Å². The molecule has 3 aromatic rings. The van der Waals surface area contributed by atoms with Gasteiger partial charge in [-0.2, -0.15) is 0 Å². The molecule has 8 heteroatoms. The lowest BCUT2D eigenvalue weighted by Crippen LogP contribution is -2.39. The SMILES string of the molecule is O=C(c1ccc([N+](=O)[O-])cc1)N(Cc1nc2ccccc2c(=O)[nH]1)C1CCCC1. The highest BCUT2D eigenvalue weighted by molar-refractivity contribution is 5.94. The number of hydrogen-bond donors (Lipinski definition) is 1. The Kier molecular flexibility index (Phi) is 5.07. The van der Waals surface area contributed by atoms with Crippen molar-refractivity contribution in [3.63, 3.8) is 0 Å². The largest absolute Gasteiger partial charge is 0.328 e. The second-order valence-corrected chi connectivity index (χ2v) is 7.21. The number of nitro benzene ring substituents is 1. The second kappa shape index (κ2) is 7.83. The molecule has 1 heterocycles. The van der Waals surface area contributed by atoms with Gasteiger partial charge in [-0.05, 0) is 37.1 Å². The molecule has 1 fully saturated rings. The maximum atomic E-state index is 13.2. The summed E-state index contributed by atoms with van der Waals surface area (Å²) in [4.78, 5) is 45.0. The van der Waals surface area contributed by atoms with Crippen molar-refractivity contribution in [1.82, 2.24) is 14.9 Å². The van der Waals surface area contributed by atoms with Gasteiger partial charge in [0.05, 0.1) is 22.4 Å². The lowest BCUT2D eigenvalue weighted by atomic mass is 10.1. The number of para-hydroxylation sites is 1. The van der Waals surface area contributed by atoms with E-state index in [2.05, 4.69) is 9.97 Å². The molecule has 1 amide bonds. The molecule has 1 aromatic heterocycles. The molecule has 0 saturated heterocycles. The van der Waals surface area contributed by atoms with E-state index in [-0.39, 0.29) is 29.7 Å². The van der Waals surface area contributed by atoms with E-state index >= 15 is 0 Å². The van der Waals surface area contributed by atoms with Crippen LogP contribution >= 0.6 is 0 Å². The monoisotopic (exact) mass is 392 g/mol. The van der Waals surface area contributed by atoms with Crippen LogP contribution in [0, 0.1) is 10.1 Å². The first-order valence-corrected chi connectivity index (χ1v) is 9.56. The number of carbonyl (C=O) groups is 1. The number of benzene rings is 2. The van der Waals surface area contributed by atoms with E-state index < -0.39 is 4.92 Å². The minimum Gasteiger partial charge on any atom is -0.328 e. The highest BCUT2D eigenvalue weighted by atomic mass is 16.6. The Morgan fingerprint density at radius 2 is 1.83 bits per heavy atom. The highest BCUT2D eigenvalue weighted by Crippen LogP contribution is 2.26. The summed E-state index contributed by atoms with van der Waals surface area (Å²) in [5.41, 5.74) is 0.667. The molecule has 0 atom stereocenters. The molecule has 2 aromatic carbocycles. The van der Waals surface area contributed by atoms with Gasteiger partial charge in [-0.3, -0.25) is 19.7 Å². The lowest BCUT2D eigenvalue weighted by molar-refractivity contribution is -0.384. The minimum atomic E-state index is -0.493. The van der Waals surface area contributed by atoms with Crippen LogP contribution in [0.1, 0.15) is 41.9 Å². The summed E-state index contributed by atoms with van der Waals surface area (Å²) in [5.74, 6) is 0.207. The van der Waals surface area contributed by atoms with E-state index in [1.165, 1.54) is 24.3 Å². The zero-order valence-electron chi connectivity index (χ0n) is 15.7. The van der Waals surface area contributed by atoms with Gasteiger partial charge in [-0.1, -0.05) is 25.0 Å². The topological polar surface area (TPSA) is 109 Å². The summed E-state index contributed by atoms with van der Waals surface area (Å²) in [6.07, 6.45) is 3.85. The van der Waals surface area contributed by atoms with Crippen molar-refractivity contribution >= 4 is 22.5 Å². The van der Waals surface area contributed by atoms with Crippen molar-refractivity contribution in [2.75, 3.05) is 0 Å². The molecule has 4 rings (SSSR count). The molecule has 0 spiro atoms. The first-order chi connectivity index (χ1) is 14.0. The number of non-ortho nitro benzene ring substituents is 1. The molecule has 0 unspecified atom stereocenters. The Hall–Kier alpha value is -3.55. The fraction of sp³-hybridized carbons (Fsp3) is 0.286. The van der Waals surface area contributed by atoms with Crippen molar-refractivity contribution in [3.8, 4) is 0 Å². The standard InChI is InChI=1S/C21H20N4O4/c26-20-17-7-3-4-8-18(17)22-19(23-20)13-24(15-5-1-2-6-15)21(27)14-9-11-16(12-10-14)25(28)29/h3-4,7-12,15H,1-2,5-6,13H2,(H,22,23,26). The van der Waals surface area contributed by atoms with Crippen molar-refractivity contribution in [2.24, 2.45) is 0 Å². The summed E-state index contributed by atoms with van der Waals surface area (Å²) in [7, 11) is 0. The van der Waals surface area contributed by atoms with Crippen molar-refractivity contribution in [2.45, 2.75) is 38.3 Å². The minimum absolute atomic E-state index is 0.0504. The first kappa shape index (κ1) is 18.8. The summed E-state index contributed by atoms with van der Waals surface area (Å²) in [6.45, 7) is 0.181. The third kappa shape index (κ3) is 3.87. The Bertz CT molecular complexity index is 1120. The van der Waals surface area contributed by atoms with E-state index in [0.29, 0.717) is 22.3 Å². The van der Waals surface area contributed by atoms with Crippen LogP contribution in [0.25, 0.3) is 10.9 Å². The average molecular weight is 392 g/mol. The van der Waals surface area contributed by atoms with Crippen LogP contribution in [0.15, 0.2) is 53.3 Å². The third-order valence-electron chi connectivity index (χ3n) is 5.33.